The molecule has 78 valence electrons. The lowest BCUT2D eigenvalue weighted by Gasteiger charge is -2.14. The number of hydrogen-bond acceptors (Lipinski definition) is 3. The van der Waals surface area contributed by atoms with Gasteiger partial charge in [-0.2, -0.15) is 0 Å². The minimum atomic E-state index is 0.422. The molecule has 15 heavy (non-hydrogen) atoms. The fourth-order valence-corrected chi connectivity index (χ4v) is 1.75. The molecule has 1 unspecified atom stereocenters. The van der Waals surface area contributed by atoms with Gasteiger partial charge < -0.3 is 5.32 Å². The molecule has 1 aromatic carbocycles. The molecular weight excluding hydrogens is 204 g/mol. The molecule has 1 atom stereocenters. The van der Waals surface area contributed by atoms with E-state index in [1.807, 2.05) is 12.1 Å². The molecule has 0 bridgehead atoms. The molecule has 0 aromatic heterocycles. The van der Waals surface area contributed by atoms with Gasteiger partial charge in [-0.15, -0.1) is 12.6 Å². The lowest BCUT2D eigenvalue weighted by Crippen LogP contribution is -2.20. The molecule has 0 spiro atoms. The first-order chi connectivity index (χ1) is 7.36. The number of aliphatic imine (C=N–C) groups is 1. The van der Waals surface area contributed by atoms with Gasteiger partial charge in [0.2, 0.25) is 0 Å². The number of benzene rings is 1. The van der Waals surface area contributed by atoms with Gasteiger partial charge in [-0.05, 0) is 17.7 Å². The predicted molar refractivity (Wildman–Crippen MR) is 66.9 cm³/mol. The van der Waals surface area contributed by atoms with Crippen molar-refractivity contribution in [3.63, 3.8) is 0 Å². The van der Waals surface area contributed by atoms with Crippen molar-refractivity contribution in [1.82, 2.24) is 5.32 Å². The lowest BCUT2D eigenvalue weighted by atomic mass is 9.98. The van der Waals surface area contributed by atoms with Crippen LogP contribution >= 0.6 is 12.6 Å². The molecule has 0 radical (unpaired) electrons. The second-order valence-electron chi connectivity index (χ2n) is 3.53. The molecule has 1 aliphatic rings. The Morgan fingerprint density at radius 1 is 1.27 bits per heavy atom. The fraction of sp³-hybridized carbons (Fsp3) is 0.250. The van der Waals surface area contributed by atoms with Gasteiger partial charge in [0.05, 0.1) is 12.9 Å². The summed E-state index contributed by atoms with van der Waals surface area (Å²) in [7, 11) is 0. The molecule has 0 fully saturated rings. The Hall–Kier alpha value is -1.22. The summed E-state index contributed by atoms with van der Waals surface area (Å²) >= 11 is 4.28. The Kier molecular flexibility index (Phi) is 3.45. The maximum atomic E-state index is 4.28. The molecule has 1 aromatic rings. The minimum Gasteiger partial charge on any atom is -0.375 e. The van der Waals surface area contributed by atoms with E-state index in [0.717, 1.165) is 18.0 Å². The topological polar surface area (TPSA) is 24.4 Å². The van der Waals surface area contributed by atoms with Crippen LogP contribution in [0.3, 0.4) is 0 Å². The van der Waals surface area contributed by atoms with E-state index in [1.165, 1.54) is 5.56 Å². The Morgan fingerprint density at radius 2 is 2.07 bits per heavy atom. The summed E-state index contributed by atoms with van der Waals surface area (Å²) in [5, 5.41) is 3.19. The van der Waals surface area contributed by atoms with E-state index in [0.29, 0.717) is 5.92 Å². The molecule has 2 rings (SSSR count). The zero-order valence-corrected chi connectivity index (χ0v) is 9.32. The van der Waals surface area contributed by atoms with Gasteiger partial charge in [-0.1, -0.05) is 24.3 Å². The Bertz CT molecular complexity index is 368. The zero-order valence-electron chi connectivity index (χ0n) is 8.43. The van der Waals surface area contributed by atoms with Crippen molar-refractivity contribution in [3.05, 3.63) is 42.0 Å². The first kappa shape index (κ1) is 10.3. The molecule has 0 saturated heterocycles. The van der Waals surface area contributed by atoms with Crippen LogP contribution in [0.1, 0.15) is 11.5 Å². The molecule has 0 amide bonds. The van der Waals surface area contributed by atoms with Crippen LogP contribution in [-0.4, -0.2) is 19.4 Å². The highest BCUT2D eigenvalue weighted by Gasteiger charge is 2.07. The normalized spacial score (nSPS) is 20.5. The standard InChI is InChI=1S/C12H14N2S/c15-12-5-3-10(4-6-12)11-2-1-7-13-9-14-8-11/h1-6,9,11,15H,7-8H2,(H,13,14). The highest BCUT2D eigenvalue weighted by atomic mass is 32.1. The van der Waals surface area contributed by atoms with Crippen LogP contribution < -0.4 is 5.32 Å². The third-order valence-corrected chi connectivity index (χ3v) is 2.72. The molecule has 2 nitrogen and oxygen atoms in total. The van der Waals surface area contributed by atoms with Crippen molar-refractivity contribution in [2.45, 2.75) is 10.8 Å². The van der Waals surface area contributed by atoms with Crippen molar-refractivity contribution >= 4 is 19.0 Å². The van der Waals surface area contributed by atoms with Crippen LogP contribution in [0.15, 0.2) is 46.3 Å². The van der Waals surface area contributed by atoms with Gasteiger partial charge in [-0.3, -0.25) is 4.99 Å². The molecule has 1 aliphatic heterocycles. The Labute approximate surface area is 95.5 Å². The van der Waals surface area contributed by atoms with Crippen LogP contribution in [0.2, 0.25) is 0 Å². The maximum absolute atomic E-state index is 4.28. The number of nitrogens with zero attached hydrogens (tertiary/aromatic N) is 1. The van der Waals surface area contributed by atoms with Crippen molar-refractivity contribution < 1.29 is 0 Å². The monoisotopic (exact) mass is 218 g/mol. The van der Waals surface area contributed by atoms with Gasteiger partial charge in [-0.25, -0.2) is 0 Å². The smallest absolute Gasteiger partial charge is 0.0828 e. The molecule has 1 heterocycles. The van der Waals surface area contributed by atoms with Gasteiger partial charge in [0, 0.05) is 17.4 Å². The summed E-state index contributed by atoms with van der Waals surface area (Å²) in [5.74, 6) is 0.422. The van der Waals surface area contributed by atoms with Crippen LogP contribution in [0.25, 0.3) is 0 Å². The summed E-state index contributed by atoms with van der Waals surface area (Å²) in [4.78, 5) is 5.14. The van der Waals surface area contributed by atoms with Crippen molar-refractivity contribution in [1.29, 1.82) is 0 Å². The van der Waals surface area contributed by atoms with Crippen molar-refractivity contribution in [3.8, 4) is 0 Å². The quantitative estimate of drug-likeness (QED) is 0.548. The third-order valence-electron chi connectivity index (χ3n) is 2.42. The van der Waals surface area contributed by atoms with Crippen LogP contribution in [-0.2, 0) is 0 Å². The Balaban J connectivity index is 2.15. The van der Waals surface area contributed by atoms with E-state index < -0.39 is 0 Å². The van der Waals surface area contributed by atoms with Gasteiger partial charge in [0.25, 0.3) is 0 Å². The fourth-order valence-electron chi connectivity index (χ4n) is 1.60. The van der Waals surface area contributed by atoms with Crippen LogP contribution in [0.5, 0.6) is 0 Å². The number of nitrogens with one attached hydrogen (secondary N) is 1. The second kappa shape index (κ2) is 5.03. The van der Waals surface area contributed by atoms with Gasteiger partial charge in [0.1, 0.15) is 0 Å². The van der Waals surface area contributed by atoms with Crippen LogP contribution in [0, 0.1) is 0 Å². The summed E-state index contributed by atoms with van der Waals surface area (Å²) in [5.41, 5.74) is 1.31. The van der Waals surface area contributed by atoms with E-state index in [9.17, 15) is 0 Å². The summed E-state index contributed by atoms with van der Waals surface area (Å²) in [6.07, 6.45) is 6.09. The van der Waals surface area contributed by atoms with Gasteiger partial charge >= 0.3 is 0 Å². The van der Waals surface area contributed by atoms with E-state index in [-0.39, 0.29) is 0 Å². The molecule has 3 heteroatoms. The third kappa shape index (κ3) is 2.86. The average Bonchev–Trinajstić information content (AvgIpc) is 2.19. The summed E-state index contributed by atoms with van der Waals surface area (Å²) < 4.78 is 0. The van der Waals surface area contributed by atoms with Crippen LogP contribution in [0.4, 0.5) is 0 Å². The largest absolute Gasteiger partial charge is 0.375 e. The minimum absolute atomic E-state index is 0.422. The summed E-state index contributed by atoms with van der Waals surface area (Å²) in [6, 6.07) is 8.30. The highest BCUT2D eigenvalue weighted by molar-refractivity contribution is 7.80. The van der Waals surface area contributed by atoms with Crippen molar-refractivity contribution in [2.24, 2.45) is 4.99 Å². The number of thiol groups is 1. The number of rotatable bonds is 1. The average molecular weight is 218 g/mol. The second-order valence-corrected chi connectivity index (χ2v) is 4.05. The van der Waals surface area contributed by atoms with E-state index in [2.05, 4.69) is 47.2 Å². The Morgan fingerprint density at radius 3 is 2.87 bits per heavy atom. The molecule has 1 N–H and O–H groups in total. The van der Waals surface area contributed by atoms with E-state index in [4.69, 9.17) is 0 Å². The van der Waals surface area contributed by atoms with Crippen molar-refractivity contribution in [2.75, 3.05) is 13.1 Å². The van der Waals surface area contributed by atoms with Gasteiger partial charge in [0.15, 0.2) is 0 Å². The number of hydrogen-bond donors (Lipinski definition) is 2. The first-order valence-corrected chi connectivity index (χ1v) is 5.48. The molecular formula is C12H14N2S. The molecule has 0 saturated carbocycles. The maximum Gasteiger partial charge on any atom is 0.0828 e. The zero-order chi connectivity index (χ0) is 10.5. The molecule has 0 aliphatic carbocycles. The lowest BCUT2D eigenvalue weighted by molar-refractivity contribution is 0.777. The predicted octanol–water partition coefficient (Wildman–Crippen LogP) is 2.25. The first-order valence-electron chi connectivity index (χ1n) is 5.03. The summed E-state index contributed by atoms with van der Waals surface area (Å²) in [6.45, 7) is 1.65. The highest BCUT2D eigenvalue weighted by Crippen LogP contribution is 2.18. The SMILES string of the molecule is Sc1ccc(C2C=CCN=CNC2)cc1. The van der Waals surface area contributed by atoms with E-state index in [1.54, 1.807) is 6.34 Å². The van der Waals surface area contributed by atoms with E-state index >= 15 is 0 Å².